The number of rotatable bonds is 3. The second-order valence-electron chi connectivity index (χ2n) is 5.79. The van der Waals surface area contributed by atoms with E-state index in [0.29, 0.717) is 17.5 Å². The molecule has 0 spiro atoms. The molecule has 0 aromatic carbocycles. The van der Waals surface area contributed by atoms with Crippen LogP contribution < -0.4 is 10.6 Å². The van der Waals surface area contributed by atoms with E-state index in [1.54, 1.807) is 6.20 Å². The van der Waals surface area contributed by atoms with Gasteiger partial charge in [0.1, 0.15) is 5.82 Å². The molecule has 21 heavy (non-hydrogen) atoms. The van der Waals surface area contributed by atoms with Gasteiger partial charge in [0.05, 0.1) is 17.0 Å². The maximum absolute atomic E-state index is 11.5. The van der Waals surface area contributed by atoms with Gasteiger partial charge in [0.2, 0.25) is 5.91 Å². The number of pyridine rings is 1. The Morgan fingerprint density at radius 1 is 1.33 bits per heavy atom. The molecule has 1 amide bonds. The average molecular weight is 310 g/mol. The van der Waals surface area contributed by atoms with Crippen molar-refractivity contribution in [2.75, 3.05) is 24.6 Å². The summed E-state index contributed by atoms with van der Waals surface area (Å²) in [5.41, 5.74) is 5.48. The topological polar surface area (TPSA) is 68.5 Å². The van der Waals surface area contributed by atoms with Crippen molar-refractivity contribution in [3.63, 3.8) is 0 Å². The van der Waals surface area contributed by atoms with Gasteiger partial charge in [0.15, 0.2) is 0 Å². The summed E-state index contributed by atoms with van der Waals surface area (Å²) in [6.07, 6.45) is 4.44. The zero-order valence-electron chi connectivity index (χ0n) is 11.9. The molecule has 0 radical (unpaired) electrons. The second kappa shape index (κ2) is 6.20. The predicted molar refractivity (Wildman–Crippen MR) is 81.2 cm³/mol. The molecule has 2 fully saturated rings. The number of amides is 1. The van der Waals surface area contributed by atoms with E-state index in [-0.39, 0.29) is 17.9 Å². The van der Waals surface area contributed by atoms with Gasteiger partial charge < -0.3 is 15.4 Å². The van der Waals surface area contributed by atoms with Crippen molar-refractivity contribution >= 4 is 23.3 Å². The lowest BCUT2D eigenvalue weighted by molar-refractivity contribution is -0.124. The summed E-state index contributed by atoms with van der Waals surface area (Å²) in [5.74, 6) is 1.03. The van der Waals surface area contributed by atoms with Gasteiger partial charge in [-0.2, -0.15) is 0 Å². The zero-order valence-corrected chi connectivity index (χ0v) is 12.6. The third kappa shape index (κ3) is 3.14. The molecule has 3 rings (SSSR count). The maximum Gasteiger partial charge on any atom is 0.223 e. The van der Waals surface area contributed by atoms with E-state index in [1.165, 1.54) is 0 Å². The first-order valence-electron chi connectivity index (χ1n) is 7.42. The largest absolute Gasteiger partial charge is 0.377 e. The number of nitrogens with two attached hydrogens (primary N) is 1. The molecule has 3 heterocycles. The quantitative estimate of drug-likeness (QED) is 0.925. The van der Waals surface area contributed by atoms with E-state index in [4.69, 9.17) is 22.1 Å². The van der Waals surface area contributed by atoms with Crippen molar-refractivity contribution in [3.05, 3.63) is 23.4 Å². The van der Waals surface area contributed by atoms with E-state index in [0.717, 1.165) is 38.2 Å². The molecular formula is C15H20ClN3O2. The molecule has 6 heteroatoms. The van der Waals surface area contributed by atoms with Crippen LogP contribution in [0.1, 0.15) is 19.3 Å². The summed E-state index contributed by atoms with van der Waals surface area (Å²) in [6, 6.07) is 3.81. The van der Waals surface area contributed by atoms with Gasteiger partial charge in [0, 0.05) is 25.9 Å². The van der Waals surface area contributed by atoms with Crippen molar-refractivity contribution in [1.82, 2.24) is 4.98 Å². The van der Waals surface area contributed by atoms with Crippen LogP contribution in [0, 0.1) is 11.8 Å². The van der Waals surface area contributed by atoms with Crippen LogP contribution >= 0.6 is 11.6 Å². The standard InChI is InChI=1S/C15H20ClN3O2/c16-11-1-2-13(18-9-11)19-6-3-10(4-7-19)14-12(15(17)20)5-8-21-14/h1-2,9-10,12,14H,3-8H2,(H2,17,20)/t12-,14+/m0/s1. The van der Waals surface area contributed by atoms with Gasteiger partial charge in [-0.3, -0.25) is 4.79 Å². The SMILES string of the molecule is NC(=O)[C@H]1CCO[C@@H]1C1CCN(c2ccc(Cl)cn2)CC1. The molecular weight excluding hydrogens is 290 g/mol. The van der Waals surface area contributed by atoms with Gasteiger partial charge in [-0.15, -0.1) is 0 Å². The number of nitrogens with zero attached hydrogens (tertiary/aromatic N) is 2. The Labute approximate surface area is 129 Å². The van der Waals surface area contributed by atoms with Gasteiger partial charge in [0.25, 0.3) is 0 Å². The number of ether oxygens (including phenoxy) is 1. The van der Waals surface area contributed by atoms with Gasteiger partial charge >= 0.3 is 0 Å². The van der Waals surface area contributed by atoms with Crippen LogP contribution in [-0.4, -0.2) is 36.7 Å². The van der Waals surface area contributed by atoms with E-state index in [2.05, 4.69) is 9.88 Å². The van der Waals surface area contributed by atoms with Crippen LogP contribution in [0.5, 0.6) is 0 Å². The summed E-state index contributed by atoms with van der Waals surface area (Å²) in [4.78, 5) is 18.1. The number of hydrogen-bond acceptors (Lipinski definition) is 4. The van der Waals surface area contributed by atoms with Crippen molar-refractivity contribution < 1.29 is 9.53 Å². The molecule has 1 aromatic heterocycles. The van der Waals surface area contributed by atoms with Crippen LogP contribution in [0.3, 0.4) is 0 Å². The zero-order chi connectivity index (χ0) is 14.8. The Morgan fingerprint density at radius 3 is 2.71 bits per heavy atom. The Hall–Kier alpha value is -1.33. The first-order chi connectivity index (χ1) is 10.1. The van der Waals surface area contributed by atoms with Crippen molar-refractivity contribution in [2.24, 2.45) is 17.6 Å². The molecule has 2 N–H and O–H groups in total. The number of anilines is 1. The lowest BCUT2D eigenvalue weighted by Crippen LogP contribution is -2.42. The Bertz CT molecular complexity index is 500. The third-order valence-corrected chi connectivity index (χ3v) is 4.76. The molecule has 2 aliphatic heterocycles. The fourth-order valence-corrected chi connectivity index (χ4v) is 3.50. The molecule has 1 aromatic rings. The highest BCUT2D eigenvalue weighted by atomic mass is 35.5. The van der Waals surface area contributed by atoms with Crippen molar-refractivity contribution in [3.8, 4) is 0 Å². The second-order valence-corrected chi connectivity index (χ2v) is 6.23. The molecule has 0 unspecified atom stereocenters. The van der Waals surface area contributed by atoms with Crippen LogP contribution in [-0.2, 0) is 9.53 Å². The Kier molecular flexibility index (Phi) is 4.31. The summed E-state index contributed by atoms with van der Waals surface area (Å²) in [5, 5.41) is 0.650. The van der Waals surface area contributed by atoms with Gasteiger partial charge in [-0.25, -0.2) is 4.98 Å². The highest BCUT2D eigenvalue weighted by Crippen LogP contribution is 2.33. The van der Waals surface area contributed by atoms with Crippen LogP contribution in [0.15, 0.2) is 18.3 Å². The fraction of sp³-hybridized carbons (Fsp3) is 0.600. The van der Waals surface area contributed by atoms with Gasteiger partial charge in [-0.05, 0) is 37.3 Å². The van der Waals surface area contributed by atoms with Crippen molar-refractivity contribution in [1.29, 1.82) is 0 Å². The van der Waals surface area contributed by atoms with Gasteiger partial charge in [-0.1, -0.05) is 11.6 Å². The minimum atomic E-state index is -0.223. The normalized spacial score (nSPS) is 27.0. The van der Waals surface area contributed by atoms with Crippen LogP contribution in [0.25, 0.3) is 0 Å². The first-order valence-corrected chi connectivity index (χ1v) is 7.80. The van der Waals surface area contributed by atoms with E-state index in [9.17, 15) is 4.79 Å². The monoisotopic (exact) mass is 309 g/mol. The van der Waals surface area contributed by atoms with E-state index in [1.807, 2.05) is 12.1 Å². The number of carbonyl (C=O) groups excluding carboxylic acids is 1. The summed E-state index contributed by atoms with van der Waals surface area (Å²) in [6.45, 7) is 2.49. The number of carbonyl (C=O) groups is 1. The average Bonchev–Trinajstić information content (AvgIpc) is 2.98. The fourth-order valence-electron chi connectivity index (χ4n) is 3.39. The smallest absolute Gasteiger partial charge is 0.223 e. The molecule has 2 aliphatic rings. The lowest BCUT2D eigenvalue weighted by atomic mass is 9.84. The van der Waals surface area contributed by atoms with E-state index < -0.39 is 0 Å². The lowest BCUT2D eigenvalue weighted by Gasteiger charge is -2.36. The molecule has 0 saturated carbocycles. The number of aromatic nitrogens is 1. The first kappa shape index (κ1) is 14.6. The Balaban J connectivity index is 1.60. The molecule has 0 bridgehead atoms. The third-order valence-electron chi connectivity index (χ3n) is 4.54. The molecule has 0 aliphatic carbocycles. The minimum Gasteiger partial charge on any atom is -0.377 e. The Morgan fingerprint density at radius 2 is 2.10 bits per heavy atom. The number of halogens is 1. The maximum atomic E-state index is 11.5. The number of hydrogen-bond donors (Lipinski definition) is 1. The minimum absolute atomic E-state index is 0.00262. The van der Waals surface area contributed by atoms with Crippen LogP contribution in [0.4, 0.5) is 5.82 Å². The predicted octanol–water partition coefficient (Wildman–Crippen LogP) is 1.84. The number of piperidine rings is 1. The summed E-state index contributed by atoms with van der Waals surface area (Å²) in [7, 11) is 0. The summed E-state index contributed by atoms with van der Waals surface area (Å²) < 4.78 is 5.77. The number of primary amides is 1. The molecule has 2 saturated heterocycles. The van der Waals surface area contributed by atoms with Crippen molar-refractivity contribution in [2.45, 2.75) is 25.4 Å². The molecule has 114 valence electrons. The van der Waals surface area contributed by atoms with E-state index >= 15 is 0 Å². The molecule has 5 nitrogen and oxygen atoms in total. The highest BCUT2D eigenvalue weighted by Gasteiger charge is 2.39. The summed E-state index contributed by atoms with van der Waals surface area (Å²) >= 11 is 5.86. The highest BCUT2D eigenvalue weighted by molar-refractivity contribution is 6.30. The molecule has 2 atom stereocenters. The van der Waals surface area contributed by atoms with Crippen LogP contribution in [0.2, 0.25) is 5.02 Å².